The average molecular weight is 304 g/mol. The maximum atomic E-state index is 10.6. The van der Waals surface area contributed by atoms with Crippen LogP contribution in [-0.4, -0.2) is 22.4 Å². The number of hydrogen-bond donors (Lipinski definition) is 2. The summed E-state index contributed by atoms with van der Waals surface area (Å²) in [5, 5.41) is 20.7. The summed E-state index contributed by atoms with van der Waals surface area (Å²) in [6, 6.07) is 0. The highest BCUT2D eigenvalue weighted by Crippen LogP contribution is 2.70. The van der Waals surface area contributed by atoms with Crippen LogP contribution in [0.15, 0.2) is 11.6 Å². The van der Waals surface area contributed by atoms with Gasteiger partial charge in [-0.1, -0.05) is 32.4 Å². The topological polar surface area (TPSA) is 40.5 Å². The van der Waals surface area contributed by atoms with E-state index in [9.17, 15) is 10.2 Å². The van der Waals surface area contributed by atoms with E-state index in [4.69, 9.17) is 0 Å². The van der Waals surface area contributed by atoms with Crippen LogP contribution in [0.1, 0.15) is 72.1 Å². The lowest BCUT2D eigenvalue weighted by Crippen LogP contribution is -2.56. The monoisotopic (exact) mass is 304 g/mol. The smallest absolute Gasteiger partial charge is 0.0599 e. The molecule has 7 atom stereocenters. The molecule has 0 radical (unpaired) electrons. The Morgan fingerprint density at radius 3 is 2.41 bits per heavy atom. The molecule has 4 rings (SSSR count). The van der Waals surface area contributed by atoms with Gasteiger partial charge >= 0.3 is 0 Å². The molecule has 3 saturated carbocycles. The lowest BCUT2D eigenvalue weighted by atomic mass is 9.43. The van der Waals surface area contributed by atoms with Gasteiger partial charge in [-0.25, -0.2) is 0 Å². The molecular formula is C20H32O2. The predicted molar refractivity (Wildman–Crippen MR) is 88.3 cm³/mol. The molecular weight excluding hydrogens is 272 g/mol. The Balaban J connectivity index is 1.73. The van der Waals surface area contributed by atoms with Crippen molar-refractivity contribution in [2.45, 2.75) is 84.3 Å². The minimum Gasteiger partial charge on any atom is -0.393 e. The Hall–Kier alpha value is -0.340. The van der Waals surface area contributed by atoms with Crippen LogP contribution in [0.25, 0.3) is 0 Å². The number of allylic oxidation sites excluding steroid dienone is 1. The normalized spacial score (nSPS) is 57.6. The second-order valence-electron chi connectivity index (χ2n) is 9.42. The van der Waals surface area contributed by atoms with Crippen LogP contribution in [0.5, 0.6) is 0 Å². The van der Waals surface area contributed by atoms with E-state index in [-0.39, 0.29) is 23.0 Å². The van der Waals surface area contributed by atoms with E-state index < -0.39 is 0 Å². The summed E-state index contributed by atoms with van der Waals surface area (Å²) in [5.74, 6) is 1.47. The summed E-state index contributed by atoms with van der Waals surface area (Å²) >= 11 is 0. The first-order valence-electron chi connectivity index (χ1n) is 9.37. The van der Waals surface area contributed by atoms with Crippen LogP contribution in [0.2, 0.25) is 0 Å². The third kappa shape index (κ3) is 1.69. The van der Waals surface area contributed by atoms with Gasteiger partial charge in [0.25, 0.3) is 0 Å². The van der Waals surface area contributed by atoms with Crippen LogP contribution in [0.4, 0.5) is 0 Å². The van der Waals surface area contributed by atoms with Crippen molar-refractivity contribution in [1.29, 1.82) is 0 Å². The van der Waals surface area contributed by atoms with Crippen molar-refractivity contribution in [3.63, 3.8) is 0 Å². The van der Waals surface area contributed by atoms with Crippen molar-refractivity contribution in [2.24, 2.45) is 28.1 Å². The summed E-state index contributed by atoms with van der Waals surface area (Å²) in [6.45, 7) is 7.30. The zero-order chi connectivity index (χ0) is 15.8. The first-order chi connectivity index (χ1) is 10.3. The summed E-state index contributed by atoms with van der Waals surface area (Å²) < 4.78 is 0. The van der Waals surface area contributed by atoms with Gasteiger partial charge in [-0.15, -0.1) is 0 Å². The number of aliphatic hydroxyl groups is 2. The van der Waals surface area contributed by atoms with E-state index in [2.05, 4.69) is 26.8 Å². The highest BCUT2D eigenvalue weighted by molar-refractivity contribution is 5.26. The van der Waals surface area contributed by atoms with Crippen molar-refractivity contribution in [3.8, 4) is 0 Å². The zero-order valence-electron chi connectivity index (χ0n) is 14.4. The molecule has 124 valence electrons. The maximum absolute atomic E-state index is 10.6. The van der Waals surface area contributed by atoms with E-state index >= 15 is 0 Å². The van der Waals surface area contributed by atoms with Crippen molar-refractivity contribution in [3.05, 3.63) is 11.6 Å². The molecule has 0 amide bonds. The largest absolute Gasteiger partial charge is 0.393 e. The number of hydrogen-bond acceptors (Lipinski definition) is 2. The molecule has 2 N–H and O–H groups in total. The van der Waals surface area contributed by atoms with Gasteiger partial charge in [-0.3, -0.25) is 0 Å². The van der Waals surface area contributed by atoms with Gasteiger partial charge in [-0.2, -0.15) is 0 Å². The molecule has 0 heterocycles. The number of fused-ring (bicyclic) bond motifs is 5. The number of rotatable bonds is 0. The molecule has 2 nitrogen and oxygen atoms in total. The Bertz CT molecular complexity index is 512. The number of aliphatic hydroxyl groups excluding tert-OH is 2. The van der Waals surface area contributed by atoms with Gasteiger partial charge in [-0.05, 0) is 79.4 Å². The van der Waals surface area contributed by atoms with Gasteiger partial charge in [0.1, 0.15) is 0 Å². The summed E-state index contributed by atoms with van der Waals surface area (Å²) in [5.41, 5.74) is 2.25. The van der Waals surface area contributed by atoms with Gasteiger partial charge < -0.3 is 10.2 Å². The SMILES string of the molecule is C[C@]12CC[C@H](O)CC1=CC[C@H]1[C@H]2CC[C@@]2(C)[C@H](O)CC[C@]12C. The molecule has 0 aromatic rings. The fraction of sp³-hybridized carbons (Fsp3) is 0.900. The summed E-state index contributed by atoms with van der Waals surface area (Å²) in [6.07, 6.45) is 11.1. The summed E-state index contributed by atoms with van der Waals surface area (Å²) in [7, 11) is 0. The molecule has 22 heavy (non-hydrogen) atoms. The van der Waals surface area contributed by atoms with Crippen molar-refractivity contribution >= 4 is 0 Å². The first-order valence-corrected chi connectivity index (χ1v) is 9.37. The van der Waals surface area contributed by atoms with Crippen LogP contribution in [-0.2, 0) is 0 Å². The Morgan fingerprint density at radius 1 is 0.909 bits per heavy atom. The first kappa shape index (κ1) is 15.2. The highest BCUT2D eigenvalue weighted by Gasteiger charge is 2.64. The Kier molecular flexibility index (Phi) is 3.18. The highest BCUT2D eigenvalue weighted by atomic mass is 16.3. The van der Waals surface area contributed by atoms with Crippen molar-refractivity contribution < 1.29 is 10.2 Å². The van der Waals surface area contributed by atoms with Crippen molar-refractivity contribution in [1.82, 2.24) is 0 Å². The van der Waals surface area contributed by atoms with E-state index in [1.54, 1.807) is 5.57 Å². The fourth-order valence-corrected chi connectivity index (χ4v) is 7.00. The minimum atomic E-state index is -0.117. The minimum absolute atomic E-state index is 0.107. The lowest BCUT2D eigenvalue weighted by molar-refractivity contribution is -0.124. The van der Waals surface area contributed by atoms with Gasteiger partial charge in [0.05, 0.1) is 12.2 Å². The molecule has 4 aliphatic rings. The molecule has 4 aliphatic carbocycles. The molecule has 0 bridgehead atoms. The van der Waals surface area contributed by atoms with Crippen LogP contribution >= 0.6 is 0 Å². The fourth-order valence-electron chi connectivity index (χ4n) is 7.00. The Labute approximate surface area is 135 Å². The van der Waals surface area contributed by atoms with Gasteiger partial charge in [0, 0.05) is 0 Å². The van der Waals surface area contributed by atoms with E-state index in [1.165, 1.54) is 25.7 Å². The van der Waals surface area contributed by atoms with Gasteiger partial charge in [0.2, 0.25) is 0 Å². The standard InChI is InChI=1S/C20H32O2/c1-18-9-6-14(21)12-13(18)4-5-16-15(18)7-10-20(3)17(22)8-11-19(16,20)2/h4,14-17,21-22H,5-12H2,1-3H3/t14-,15+,16-,17+,18-,19+,20-/m0/s1. The lowest BCUT2D eigenvalue weighted by Gasteiger charge is -2.62. The van der Waals surface area contributed by atoms with Crippen LogP contribution in [0.3, 0.4) is 0 Å². The zero-order valence-corrected chi connectivity index (χ0v) is 14.4. The van der Waals surface area contributed by atoms with Crippen LogP contribution < -0.4 is 0 Å². The van der Waals surface area contributed by atoms with Crippen LogP contribution in [0, 0.1) is 28.1 Å². The third-order valence-electron chi connectivity index (χ3n) is 8.88. The predicted octanol–water partition coefficient (Wildman–Crippen LogP) is 4.06. The summed E-state index contributed by atoms with van der Waals surface area (Å²) in [4.78, 5) is 0. The quantitative estimate of drug-likeness (QED) is 0.663. The van der Waals surface area contributed by atoms with E-state index in [1.807, 2.05) is 0 Å². The molecule has 0 aromatic carbocycles. The second-order valence-corrected chi connectivity index (χ2v) is 9.42. The van der Waals surface area contributed by atoms with Crippen molar-refractivity contribution in [2.75, 3.05) is 0 Å². The molecule has 2 heteroatoms. The third-order valence-corrected chi connectivity index (χ3v) is 8.88. The molecule has 0 aliphatic heterocycles. The molecule has 0 spiro atoms. The molecule has 3 fully saturated rings. The van der Waals surface area contributed by atoms with E-state index in [0.29, 0.717) is 11.3 Å². The molecule has 0 aromatic heterocycles. The second kappa shape index (κ2) is 4.60. The maximum Gasteiger partial charge on any atom is 0.0599 e. The Morgan fingerprint density at radius 2 is 1.64 bits per heavy atom. The van der Waals surface area contributed by atoms with Gasteiger partial charge in [0.15, 0.2) is 0 Å². The van der Waals surface area contributed by atoms with E-state index in [0.717, 1.165) is 31.6 Å². The average Bonchev–Trinajstić information content (AvgIpc) is 2.72. The molecule has 0 saturated heterocycles. The molecule has 0 unspecified atom stereocenters.